The maximum atomic E-state index is 7.10. The Kier molecular flexibility index (Phi) is 6.23. The van der Waals surface area contributed by atoms with Gasteiger partial charge in [-0.15, -0.1) is 0 Å². The van der Waals surface area contributed by atoms with Gasteiger partial charge in [-0.05, 0) is 52.6 Å². The van der Waals surface area contributed by atoms with E-state index in [1.165, 1.54) is 27.6 Å². The van der Waals surface area contributed by atoms with Crippen molar-refractivity contribution in [3.63, 3.8) is 0 Å². The second-order valence-electron chi connectivity index (χ2n) is 14.4. The summed E-state index contributed by atoms with van der Waals surface area (Å²) >= 11 is 0. The highest BCUT2D eigenvalue weighted by Crippen LogP contribution is 2.50. The minimum Gasteiger partial charge on any atom is -0.453 e. The molecule has 1 aliphatic rings. The van der Waals surface area contributed by atoms with Crippen LogP contribution in [0.25, 0.3) is 94.7 Å². The fourth-order valence-corrected chi connectivity index (χ4v) is 8.51. The Morgan fingerprint density at radius 2 is 1.04 bits per heavy atom. The lowest BCUT2D eigenvalue weighted by Crippen LogP contribution is -2.15. The summed E-state index contributed by atoms with van der Waals surface area (Å²) in [6, 6.07) is 55.3. The fourth-order valence-electron chi connectivity index (χ4n) is 8.51. The van der Waals surface area contributed by atoms with Crippen molar-refractivity contribution in [2.24, 2.45) is 0 Å². The van der Waals surface area contributed by atoms with E-state index in [2.05, 4.69) is 115 Å². The Labute approximate surface area is 305 Å². The lowest BCUT2D eigenvalue weighted by Gasteiger charge is -2.22. The number of fused-ring (bicyclic) bond motifs is 10. The van der Waals surface area contributed by atoms with Gasteiger partial charge in [0.15, 0.2) is 23.1 Å². The maximum absolute atomic E-state index is 7.10. The molecule has 0 atom stereocenters. The second kappa shape index (κ2) is 11.1. The monoisotopic (exact) mass is 680 g/mol. The smallest absolute Gasteiger partial charge is 0.167 e. The normalized spacial score (nSPS) is 13.2. The van der Waals surface area contributed by atoms with Crippen molar-refractivity contribution in [1.29, 1.82) is 0 Å². The summed E-state index contributed by atoms with van der Waals surface area (Å²) in [6.45, 7) is 4.67. The number of furan rings is 1. The zero-order valence-electron chi connectivity index (χ0n) is 29.2. The second-order valence-corrected chi connectivity index (χ2v) is 14.4. The number of para-hydroxylation sites is 2. The standard InChI is InChI=1S/C48H32N4O/c1-48(2)39-22-11-9-18-32(39)33-25-24-31(28-40(33)48)52-41-23-12-10-19-34(41)35-26-27-37-36-20-13-21-38(43(36)53-44(37)42(35)52)47-50-45(29-14-5-3-6-15-29)49-46(51-47)30-16-7-4-8-17-30/h3-28H,1-2H3. The van der Waals surface area contributed by atoms with Gasteiger partial charge in [0.05, 0.1) is 16.6 Å². The predicted octanol–water partition coefficient (Wildman–Crippen LogP) is 12.2. The van der Waals surface area contributed by atoms with Gasteiger partial charge in [-0.1, -0.05) is 141 Å². The molecule has 250 valence electrons. The van der Waals surface area contributed by atoms with E-state index >= 15 is 0 Å². The molecule has 1 aliphatic carbocycles. The Morgan fingerprint density at radius 1 is 0.453 bits per heavy atom. The van der Waals surface area contributed by atoms with Crippen LogP contribution in [-0.4, -0.2) is 19.5 Å². The molecule has 0 radical (unpaired) electrons. The molecule has 5 nitrogen and oxygen atoms in total. The average molecular weight is 681 g/mol. The highest BCUT2D eigenvalue weighted by molar-refractivity contribution is 6.22. The summed E-state index contributed by atoms with van der Waals surface area (Å²) in [5.41, 5.74) is 12.8. The number of rotatable bonds is 4. The van der Waals surface area contributed by atoms with Crippen LogP contribution < -0.4 is 0 Å². The zero-order chi connectivity index (χ0) is 35.3. The molecule has 0 amide bonds. The molecular formula is C48H32N4O. The lowest BCUT2D eigenvalue weighted by atomic mass is 9.82. The molecule has 0 saturated heterocycles. The summed E-state index contributed by atoms with van der Waals surface area (Å²) in [4.78, 5) is 15.0. The number of aromatic nitrogens is 4. The third-order valence-corrected chi connectivity index (χ3v) is 11.1. The van der Waals surface area contributed by atoms with Crippen LogP contribution in [0, 0.1) is 0 Å². The van der Waals surface area contributed by atoms with Crippen molar-refractivity contribution in [3.05, 3.63) is 169 Å². The Bertz CT molecular complexity index is 3020. The number of hydrogen-bond donors (Lipinski definition) is 0. The van der Waals surface area contributed by atoms with Gasteiger partial charge < -0.3 is 8.98 Å². The molecule has 10 aromatic rings. The van der Waals surface area contributed by atoms with E-state index in [0.717, 1.165) is 60.7 Å². The molecule has 0 bridgehead atoms. The van der Waals surface area contributed by atoms with Gasteiger partial charge in [0.1, 0.15) is 5.58 Å². The van der Waals surface area contributed by atoms with E-state index in [-0.39, 0.29) is 5.41 Å². The molecule has 0 spiro atoms. The molecule has 0 fully saturated rings. The van der Waals surface area contributed by atoms with Gasteiger partial charge in [0.25, 0.3) is 0 Å². The highest BCUT2D eigenvalue weighted by atomic mass is 16.3. The summed E-state index contributed by atoms with van der Waals surface area (Å²) < 4.78 is 9.48. The molecule has 0 N–H and O–H groups in total. The maximum Gasteiger partial charge on any atom is 0.167 e. The van der Waals surface area contributed by atoms with E-state index in [1.54, 1.807) is 0 Å². The van der Waals surface area contributed by atoms with Crippen LogP contribution in [0.2, 0.25) is 0 Å². The number of nitrogens with zero attached hydrogens (tertiary/aromatic N) is 4. The van der Waals surface area contributed by atoms with E-state index in [1.807, 2.05) is 60.7 Å². The van der Waals surface area contributed by atoms with Crippen LogP contribution >= 0.6 is 0 Å². The van der Waals surface area contributed by atoms with Crippen molar-refractivity contribution in [3.8, 4) is 51.0 Å². The van der Waals surface area contributed by atoms with Crippen molar-refractivity contribution in [2.45, 2.75) is 19.3 Å². The van der Waals surface area contributed by atoms with Crippen LogP contribution in [0.5, 0.6) is 0 Å². The van der Waals surface area contributed by atoms with Crippen molar-refractivity contribution >= 4 is 43.7 Å². The van der Waals surface area contributed by atoms with E-state index < -0.39 is 0 Å². The summed E-state index contributed by atoms with van der Waals surface area (Å²) in [5, 5.41) is 4.40. The Balaban J connectivity index is 1.18. The van der Waals surface area contributed by atoms with Crippen LogP contribution in [0.3, 0.4) is 0 Å². The van der Waals surface area contributed by atoms with E-state index in [0.29, 0.717) is 17.5 Å². The molecule has 11 rings (SSSR count). The van der Waals surface area contributed by atoms with Crippen LogP contribution in [0.1, 0.15) is 25.0 Å². The minimum atomic E-state index is -0.119. The zero-order valence-corrected chi connectivity index (χ0v) is 29.2. The molecule has 53 heavy (non-hydrogen) atoms. The predicted molar refractivity (Wildman–Crippen MR) is 215 cm³/mol. The van der Waals surface area contributed by atoms with Gasteiger partial charge in [-0.3, -0.25) is 0 Å². The topological polar surface area (TPSA) is 56.7 Å². The third kappa shape index (κ3) is 4.34. The van der Waals surface area contributed by atoms with Gasteiger partial charge in [-0.25, -0.2) is 15.0 Å². The van der Waals surface area contributed by atoms with E-state index in [9.17, 15) is 0 Å². The molecule has 5 heteroatoms. The first kappa shape index (κ1) is 29.8. The molecule has 3 aromatic heterocycles. The first-order chi connectivity index (χ1) is 26.0. The van der Waals surface area contributed by atoms with Crippen LogP contribution in [0.15, 0.2) is 162 Å². The fraction of sp³-hybridized carbons (Fsp3) is 0.0625. The minimum absolute atomic E-state index is 0.119. The number of benzene rings is 7. The largest absolute Gasteiger partial charge is 0.453 e. The van der Waals surface area contributed by atoms with Gasteiger partial charge >= 0.3 is 0 Å². The summed E-state index contributed by atoms with van der Waals surface area (Å²) in [7, 11) is 0. The third-order valence-electron chi connectivity index (χ3n) is 11.1. The van der Waals surface area contributed by atoms with Gasteiger partial charge in [0.2, 0.25) is 0 Å². The molecule has 3 heterocycles. The molecule has 0 saturated carbocycles. The van der Waals surface area contributed by atoms with Crippen LogP contribution in [-0.2, 0) is 5.41 Å². The van der Waals surface area contributed by atoms with Crippen molar-refractivity contribution in [1.82, 2.24) is 19.5 Å². The molecule has 7 aromatic carbocycles. The molecular weight excluding hydrogens is 649 g/mol. The van der Waals surface area contributed by atoms with Gasteiger partial charge in [0, 0.05) is 43.8 Å². The van der Waals surface area contributed by atoms with E-state index in [4.69, 9.17) is 19.4 Å². The van der Waals surface area contributed by atoms with Gasteiger partial charge in [-0.2, -0.15) is 0 Å². The Morgan fingerprint density at radius 3 is 1.81 bits per heavy atom. The first-order valence-corrected chi connectivity index (χ1v) is 18.0. The molecule has 0 unspecified atom stereocenters. The summed E-state index contributed by atoms with van der Waals surface area (Å²) in [5.74, 6) is 1.80. The summed E-state index contributed by atoms with van der Waals surface area (Å²) in [6.07, 6.45) is 0. The SMILES string of the molecule is CC1(C)c2ccccc2-c2ccc(-n3c4ccccc4c4ccc5c6cccc(-c7nc(-c8ccccc8)nc(-c8ccccc8)n7)c6oc5c43)cc21. The average Bonchev–Trinajstić information content (AvgIpc) is 3.84. The Hall–Kier alpha value is -6.85. The van der Waals surface area contributed by atoms with Crippen molar-refractivity contribution < 1.29 is 4.42 Å². The number of hydrogen-bond acceptors (Lipinski definition) is 4. The lowest BCUT2D eigenvalue weighted by molar-refractivity contribution is 0.660. The quantitative estimate of drug-likeness (QED) is 0.186. The highest BCUT2D eigenvalue weighted by Gasteiger charge is 2.35. The van der Waals surface area contributed by atoms with Crippen LogP contribution in [0.4, 0.5) is 0 Å². The molecule has 0 aliphatic heterocycles. The van der Waals surface area contributed by atoms with Crippen molar-refractivity contribution in [2.75, 3.05) is 0 Å². The first-order valence-electron chi connectivity index (χ1n) is 18.0.